The van der Waals surface area contributed by atoms with Crippen molar-refractivity contribution in [3.63, 3.8) is 0 Å². The fraction of sp³-hybridized carbons (Fsp3) is 0.200. The fourth-order valence-corrected chi connectivity index (χ4v) is 2.66. The Morgan fingerprint density at radius 3 is 2.50 bits per heavy atom. The zero-order valence-corrected chi connectivity index (χ0v) is 10.5. The lowest BCUT2D eigenvalue weighted by Crippen LogP contribution is -2.41. The number of hydrogen-bond donors (Lipinski definition) is 0. The average molecular weight is 240 g/mol. The first-order valence-corrected chi connectivity index (χ1v) is 6.11. The van der Waals surface area contributed by atoms with Crippen LogP contribution in [0, 0.1) is 19.7 Å². The molecule has 2 aromatic rings. The first kappa shape index (κ1) is 11.5. The van der Waals surface area contributed by atoms with E-state index in [4.69, 9.17) is 4.65 Å². The molecule has 0 amide bonds. The molecule has 0 fully saturated rings. The van der Waals surface area contributed by atoms with Crippen molar-refractivity contribution in [2.24, 2.45) is 0 Å². The van der Waals surface area contributed by atoms with Gasteiger partial charge in [-0.15, -0.1) is 0 Å². The molecule has 3 rings (SSSR count). The Hall–Kier alpha value is -1.61. The molecule has 2 aromatic carbocycles. The zero-order valence-electron chi connectivity index (χ0n) is 10.5. The predicted octanol–water partition coefficient (Wildman–Crippen LogP) is 2.08. The maximum absolute atomic E-state index is 13.2. The molecule has 0 unspecified atom stereocenters. The number of benzene rings is 2. The van der Waals surface area contributed by atoms with Crippen LogP contribution in [0.5, 0.6) is 0 Å². The summed E-state index contributed by atoms with van der Waals surface area (Å²) in [5.41, 5.74) is 5.65. The standard InChI is InChI=1S/C15H14BFO/c1-10-5-11(2)7-13(6-10)16-15-4-3-14(17)8-12(15)9-18-16/h3-8H,9H2,1-2H3. The van der Waals surface area contributed by atoms with Gasteiger partial charge in [-0.3, -0.25) is 0 Å². The SMILES string of the molecule is Cc1cc(C)cc(B2OCc3cc(F)ccc32)c1. The van der Waals surface area contributed by atoms with E-state index >= 15 is 0 Å². The van der Waals surface area contributed by atoms with E-state index in [1.54, 1.807) is 6.07 Å². The highest BCUT2D eigenvalue weighted by Gasteiger charge is 2.30. The lowest BCUT2D eigenvalue weighted by atomic mass is 9.55. The molecule has 0 N–H and O–H groups in total. The third-order valence-electron chi connectivity index (χ3n) is 3.34. The summed E-state index contributed by atoms with van der Waals surface area (Å²) in [7, 11) is 0. The normalized spacial score (nSPS) is 13.8. The number of aryl methyl sites for hydroxylation is 2. The van der Waals surface area contributed by atoms with Crippen LogP contribution < -0.4 is 10.9 Å². The van der Waals surface area contributed by atoms with Crippen molar-refractivity contribution < 1.29 is 9.04 Å². The molecule has 3 heteroatoms. The highest BCUT2D eigenvalue weighted by atomic mass is 19.1. The van der Waals surface area contributed by atoms with E-state index in [0.29, 0.717) is 6.61 Å². The van der Waals surface area contributed by atoms with E-state index in [9.17, 15) is 4.39 Å². The number of fused-ring (bicyclic) bond motifs is 1. The zero-order chi connectivity index (χ0) is 12.7. The van der Waals surface area contributed by atoms with Gasteiger partial charge in [0.1, 0.15) is 5.82 Å². The number of rotatable bonds is 1. The Balaban J connectivity index is 2.06. The van der Waals surface area contributed by atoms with Crippen molar-refractivity contribution in [2.45, 2.75) is 20.5 Å². The van der Waals surface area contributed by atoms with E-state index in [-0.39, 0.29) is 12.7 Å². The highest BCUT2D eigenvalue weighted by molar-refractivity contribution is 6.81. The van der Waals surface area contributed by atoms with Crippen LogP contribution >= 0.6 is 0 Å². The molecule has 0 atom stereocenters. The minimum absolute atomic E-state index is 0.0563. The second kappa shape index (κ2) is 4.25. The molecule has 1 heterocycles. The second-order valence-electron chi connectivity index (χ2n) is 4.96. The third-order valence-corrected chi connectivity index (χ3v) is 3.34. The molecule has 0 bridgehead atoms. The van der Waals surface area contributed by atoms with Gasteiger partial charge < -0.3 is 4.65 Å². The molecule has 0 spiro atoms. The molecular formula is C15H14BFO. The Kier molecular flexibility index (Phi) is 2.71. The average Bonchev–Trinajstić information content (AvgIpc) is 2.70. The maximum Gasteiger partial charge on any atom is 0.362 e. The van der Waals surface area contributed by atoms with Gasteiger partial charge in [-0.05, 0) is 42.5 Å². The van der Waals surface area contributed by atoms with Gasteiger partial charge in [0.05, 0.1) is 6.61 Å². The van der Waals surface area contributed by atoms with Crippen molar-refractivity contribution in [1.29, 1.82) is 0 Å². The summed E-state index contributed by atoms with van der Waals surface area (Å²) < 4.78 is 19.0. The summed E-state index contributed by atoms with van der Waals surface area (Å²) in [6, 6.07) is 11.3. The van der Waals surface area contributed by atoms with Crippen LogP contribution in [0.25, 0.3) is 0 Å². The maximum atomic E-state index is 13.2. The van der Waals surface area contributed by atoms with Crippen LogP contribution in [0.4, 0.5) is 4.39 Å². The first-order chi connectivity index (χ1) is 8.63. The van der Waals surface area contributed by atoms with Gasteiger partial charge in [0.15, 0.2) is 0 Å². The molecule has 90 valence electrons. The Bertz CT molecular complexity index is 589. The molecule has 0 aliphatic carbocycles. The third kappa shape index (κ3) is 1.95. The van der Waals surface area contributed by atoms with Gasteiger partial charge in [-0.2, -0.15) is 0 Å². The number of halogens is 1. The van der Waals surface area contributed by atoms with Crippen LogP contribution in [0.2, 0.25) is 0 Å². The van der Waals surface area contributed by atoms with Gasteiger partial charge in [-0.25, -0.2) is 4.39 Å². The van der Waals surface area contributed by atoms with Gasteiger partial charge in [0, 0.05) is 0 Å². The van der Waals surface area contributed by atoms with Gasteiger partial charge >= 0.3 is 6.92 Å². The summed E-state index contributed by atoms with van der Waals surface area (Å²) in [5, 5.41) is 0. The van der Waals surface area contributed by atoms with E-state index in [1.165, 1.54) is 17.2 Å². The van der Waals surface area contributed by atoms with E-state index < -0.39 is 0 Å². The summed E-state index contributed by atoms with van der Waals surface area (Å²) in [4.78, 5) is 0. The summed E-state index contributed by atoms with van der Waals surface area (Å²) in [6.45, 7) is 4.60. The lowest BCUT2D eigenvalue weighted by molar-refractivity contribution is 0.336. The molecule has 18 heavy (non-hydrogen) atoms. The minimum Gasteiger partial charge on any atom is -0.423 e. The molecule has 1 aliphatic heterocycles. The first-order valence-electron chi connectivity index (χ1n) is 6.11. The van der Waals surface area contributed by atoms with Crippen LogP contribution in [-0.4, -0.2) is 6.92 Å². The Morgan fingerprint density at radius 2 is 1.78 bits per heavy atom. The van der Waals surface area contributed by atoms with E-state index in [1.807, 2.05) is 6.07 Å². The van der Waals surface area contributed by atoms with Crippen LogP contribution in [-0.2, 0) is 11.3 Å². The van der Waals surface area contributed by atoms with Gasteiger partial charge in [-0.1, -0.05) is 35.4 Å². The smallest absolute Gasteiger partial charge is 0.362 e. The summed E-state index contributed by atoms with van der Waals surface area (Å²) >= 11 is 0. The number of hydrogen-bond acceptors (Lipinski definition) is 1. The topological polar surface area (TPSA) is 9.23 Å². The lowest BCUT2D eigenvalue weighted by Gasteiger charge is -2.09. The molecule has 1 aliphatic rings. The fourth-order valence-electron chi connectivity index (χ4n) is 2.66. The largest absolute Gasteiger partial charge is 0.423 e. The van der Waals surface area contributed by atoms with Crippen molar-refractivity contribution in [1.82, 2.24) is 0 Å². The second-order valence-corrected chi connectivity index (χ2v) is 4.96. The van der Waals surface area contributed by atoms with Crippen LogP contribution in [0.15, 0.2) is 36.4 Å². The molecule has 0 radical (unpaired) electrons. The molecule has 1 nitrogen and oxygen atoms in total. The molecule has 0 saturated heterocycles. The van der Waals surface area contributed by atoms with E-state index in [2.05, 4.69) is 32.0 Å². The molecular weight excluding hydrogens is 226 g/mol. The Labute approximate surface area is 107 Å². The van der Waals surface area contributed by atoms with Crippen molar-refractivity contribution in [2.75, 3.05) is 0 Å². The molecule has 0 saturated carbocycles. The van der Waals surface area contributed by atoms with Crippen molar-refractivity contribution in [3.8, 4) is 0 Å². The van der Waals surface area contributed by atoms with Gasteiger partial charge in [0.25, 0.3) is 0 Å². The minimum atomic E-state index is -0.196. The summed E-state index contributed by atoms with van der Waals surface area (Å²) in [5.74, 6) is -0.196. The monoisotopic (exact) mass is 240 g/mol. The Morgan fingerprint density at radius 1 is 1.06 bits per heavy atom. The van der Waals surface area contributed by atoms with E-state index in [0.717, 1.165) is 16.5 Å². The van der Waals surface area contributed by atoms with Crippen LogP contribution in [0.1, 0.15) is 16.7 Å². The summed E-state index contributed by atoms with van der Waals surface area (Å²) in [6.07, 6.45) is 0. The highest BCUT2D eigenvalue weighted by Crippen LogP contribution is 2.13. The quantitative estimate of drug-likeness (QED) is 0.693. The van der Waals surface area contributed by atoms with Crippen molar-refractivity contribution in [3.05, 3.63) is 58.9 Å². The predicted molar refractivity (Wildman–Crippen MR) is 72.1 cm³/mol. The van der Waals surface area contributed by atoms with Crippen molar-refractivity contribution >= 4 is 17.8 Å². The van der Waals surface area contributed by atoms with Gasteiger partial charge in [0.2, 0.25) is 0 Å². The molecule has 0 aromatic heterocycles. The van der Waals surface area contributed by atoms with Crippen LogP contribution in [0.3, 0.4) is 0 Å².